The summed E-state index contributed by atoms with van der Waals surface area (Å²) in [6.07, 6.45) is 3.99. The lowest BCUT2D eigenvalue weighted by Gasteiger charge is -2.32. The highest BCUT2D eigenvalue weighted by Crippen LogP contribution is 2.41. The van der Waals surface area contributed by atoms with Crippen molar-refractivity contribution in [2.75, 3.05) is 33.5 Å². The maximum absolute atomic E-state index is 11.9. The summed E-state index contributed by atoms with van der Waals surface area (Å²) in [6, 6.07) is 0. The van der Waals surface area contributed by atoms with Crippen LogP contribution < -0.4 is 0 Å². The van der Waals surface area contributed by atoms with Crippen LogP contribution in [0.4, 0.5) is 4.79 Å². The van der Waals surface area contributed by atoms with Gasteiger partial charge in [0.15, 0.2) is 0 Å². The Balaban J connectivity index is 2.01. The number of likely N-dealkylation sites (tertiary alicyclic amines) is 1. The predicted octanol–water partition coefficient (Wildman–Crippen LogP) is 1.78. The lowest BCUT2D eigenvalue weighted by Crippen LogP contribution is -2.39. The number of methoxy groups -OCH3 is 1. The SMILES string of the molecule is C=CCOC(=O)N1CC2(CCCOC2)CC1OC. The molecule has 0 aromatic carbocycles. The zero-order valence-electron chi connectivity index (χ0n) is 10.9. The first-order chi connectivity index (χ1) is 8.71. The van der Waals surface area contributed by atoms with Crippen LogP contribution in [0.5, 0.6) is 0 Å². The number of ether oxygens (including phenoxy) is 3. The lowest BCUT2D eigenvalue weighted by molar-refractivity contribution is -0.0126. The first-order valence-corrected chi connectivity index (χ1v) is 6.36. The van der Waals surface area contributed by atoms with Crippen molar-refractivity contribution in [2.24, 2.45) is 5.41 Å². The van der Waals surface area contributed by atoms with Gasteiger partial charge in [0.05, 0.1) is 6.61 Å². The van der Waals surface area contributed by atoms with E-state index in [1.165, 1.54) is 0 Å². The van der Waals surface area contributed by atoms with E-state index in [0.29, 0.717) is 13.2 Å². The van der Waals surface area contributed by atoms with Crippen LogP contribution >= 0.6 is 0 Å². The van der Waals surface area contributed by atoms with Crippen molar-refractivity contribution in [3.05, 3.63) is 12.7 Å². The molecule has 2 saturated heterocycles. The monoisotopic (exact) mass is 255 g/mol. The van der Waals surface area contributed by atoms with E-state index < -0.39 is 0 Å². The molecule has 1 spiro atoms. The van der Waals surface area contributed by atoms with E-state index in [2.05, 4.69) is 6.58 Å². The Hall–Kier alpha value is -1.07. The Morgan fingerprint density at radius 3 is 3.11 bits per heavy atom. The van der Waals surface area contributed by atoms with Crippen molar-refractivity contribution in [3.63, 3.8) is 0 Å². The highest BCUT2D eigenvalue weighted by atomic mass is 16.6. The Morgan fingerprint density at radius 1 is 1.67 bits per heavy atom. The van der Waals surface area contributed by atoms with Gasteiger partial charge in [0.25, 0.3) is 0 Å². The molecular formula is C13H21NO4. The number of hydrogen-bond acceptors (Lipinski definition) is 4. The minimum atomic E-state index is -0.329. The van der Waals surface area contributed by atoms with Crippen LogP contribution in [0.3, 0.4) is 0 Å². The number of carbonyl (C=O) groups is 1. The molecule has 0 aromatic heterocycles. The van der Waals surface area contributed by atoms with Gasteiger partial charge in [0, 0.05) is 32.1 Å². The standard InChI is InChI=1S/C13H21NO4/c1-3-6-18-12(15)14-9-13(8-11(14)16-2)5-4-7-17-10-13/h3,11H,1,4-10H2,2H3. The fourth-order valence-electron chi connectivity index (χ4n) is 2.81. The summed E-state index contributed by atoms with van der Waals surface area (Å²) in [7, 11) is 1.63. The molecular weight excluding hydrogens is 234 g/mol. The van der Waals surface area contributed by atoms with E-state index in [1.807, 2.05) is 0 Å². The van der Waals surface area contributed by atoms with Crippen molar-refractivity contribution in [1.29, 1.82) is 0 Å². The average Bonchev–Trinajstić information content (AvgIpc) is 2.75. The molecule has 2 atom stereocenters. The highest BCUT2D eigenvalue weighted by molar-refractivity contribution is 5.68. The van der Waals surface area contributed by atoms with Gasteiger partial charge in [-0.25, -0.2) is 4.79 Å². The maximum atomic E-state index is 11.9. The Morgan fingerprint density at radius 2 is 2.50 bits per heavy atom. The zero-order valence-corrected chi connectivity index (χ0v) is 10.9. The van der Waals surface area contributed by atoms with Gasteiger partial charge in [-0.1, -0.05) is 12.7 Å². The van der Waals surface area contributed by atoms with Crippen molar-refractivity contribution in [1.82, 2.24) is 4.90 Å². The largest absolute Gasteiger partial charge is 0.445 e. The third-order valence-electron chi connectivity index (χ3n) is 3.70. The minimum Gasteiger partial charge on any atom is -0.445 e. The molecule has 5 nitrogen and oxygen atoms in total. The summed E-state index contributed by atoms with van der Waals surface area (Å²) in [6.45, 7) is 5.95. The molecule has 2 unspecified atom stereocenters. The first-order valence-electron chi connectivity index (χ1n) is 6.36. The third-order valence-corrected chi connectivity index (χ3v) is 3.70. The second kappa shape index (κ2) is 5.71. The Bertz CT molecular complexity index is 312. The molecule has 0 bridgehead atoms. The van der Waals surface area contributed by atoms with Crippen molar-refractivity contribution in [3.8, 4) is 0 Å². The van der Waals surface area contributed by atoms with E-state index in [0.717, 1.165) is 25.9 Å². The Kier molecular flexibility index (Phi) is 4.24. The maximum Gasteiger partial charge on any atom is 0.412 e. The molecule has 5 heteroatoms. The summed E-state index contributed by atoms with van der Waals surface area (Å²) in [5.41, 5.74) is 0.0477. The van der Waals surface area contributed by atoms with Crippen molar-refractivity contribution in [2.45, 2.75) is 25.5 Å². The second-order valence-corrected chi connectivity index (χ2v) is 5.04. The second-order valence-electron chi connectivity index (χ2n) is 5.04. The number of nitrogens with zero attached hydrogens (tertiary/aromatic N) is 1. The van der Waals surface area contributed by atoms with Gasteiger partial charge in [-0.2, -0.15) is 0 Å². The van der Waals surface area contributed by atoms with Crippen LogP contribution in [0.2, 0.25) is 0 Å². The number of carbonyl (C=O) groups excluding carboxylic acids is 1. The Labute approximate surface area is 108 Å². The van der Waals surface area contributed by atoms with E-state index in [-0.39, 0.29) is 24.3 Å². The molecule has 1 amide bonds. The van der Waals surface area contributed by atoms with Crippen LogP contribution in [0.15, 0.2) is 12.7 Å². The van der Waals surface area contributed by atoms with E-state index in [4.69, 9.17) is 14.2 Å². The molecule has 0 saturated carbocycles. The molecule has 2 rings (SSSR count). The minimum absolute atomic E-state index is 0.0477. The summed E-state index contributed by atoms with van der Waals surface area (Å²) < 4.78 is 16.0. The van der Waals surface area contributed by atoms with Gasteiger partial charge in [0.1, 0.15) is 12.8 Å². The lowest BCUT2D eigenvalue weighted by atomic mass is 9.81. The van der Waals surface area contributed by atoms with Gasteiger partial charge in [-0.3, -0.25) is 4.90 Å². The third kappa shape index (κ3) is 2.67. The molecule has 2 fully saturated rings. The summed E-state index contributed by atoms with van der Waals surface area (Å²) >= 11 is 0. The van der Waals surface area contributed by atoms with Gasteiger partial charge >= 0.3 is 6.09 Å². The van der Waals surface area contributed by atoms with Crippen LogP contribution in [0, 0.1) is 5.41 Å². The topological polar surface area (TPSA) is 48.0 Å². The summed E-state index contributed by atoms with van der Waals surface area (Å²) in [4.78, 5) is 13.6. The van der Waals surface area contributed by atoms with E-state index >= 15 is 0 Å². The van der Waals surface area contributed by atoms with Gasteiger partial charge in [0.2, 0.25) is 0 Å². The van der Waals surface area contributed by atoms with Crippen LogP contribution in [-0.4, -0.2) is 50.7 Å². The number of rotatable bonds is 3. The normalized spacial score (nSPS) is 31.6. The van der Waals surface area contributed by atoms with Crippen LogP contribution in [0.25, 0.3) is 0 Å². The smallest absolute Gasteiger partial charge is 0.412 e. The molecule has 0 radical (unpaired) electrons. The van der Waals surface area contributed by atoms with Crippen molar-refractivity contribution < 1.29 is 19.0 Å². The summed E-state index contributed by atoms with van der Waals surface area (Å²) in [5.74, 6) is 0. The predicted molar refractivity (Wildman–Crippen MR) is 66.2 cm³/mol. The fourth-order valence-corrected chi connectivity index (χ4v) is 2.81. The molecule has 0 aromatic rings. The highest BCUT2D eigenvalue weighted by Gasteiger charge is 2.47. The van der Waals surface area contributed by atoms with Crippen LogP contribution in [-0.2, 0) is 14.2 Å². The molecule has 102 valence electrons. The summed E-state index contributed by atoms with van der Waals surface area (Å²) in [5, 5.41) is 0. The average molecular weight is 255 g/mol. The van der Waals surface area contributed by atoms with Gasteiger partial charge in [-0.05, 0) is 12.8 Å². The molecule has 18 heavy (non-hydrogen) atoms. The van der Waals surface area contributed by atoms with Gasteiger partial charge in [-0.15, -0.1) is 0 Å². The van der Waals surface area contributed by atoms with Crippen molar-refractivity contribution >= 4 is 6.09 Å². The molecule has 2 aliphatic heterocycles. The molecule has 2 heterocycles. The van der Waals surface area contributed by atoms with Gasteiger partial charge < -0.3 is 14.2 Å². The molecule has 0 aliphatic carbocycles. The van der Waals surface area contributed by atoms with E-state index in [9.17, 15) is 4.79 Å². The first kappa shape index (κ1) is 13.4. The zero-order chi connectivity index (χ0) is 13.0. The van der Waals surface area contributed by atoms with Crippen LogP contribution in [0.1, 0.15) is 19.3 Å². The number of amides is 1. The molecule has 0 N–H and O–H groups in total. The quantitative estimate of drug-likeness (QED) is 0.721. The fraction of sp³-hybridized carbons (Fsp3) is 0.769. The molecule has 2 aliphatic rings. The number of hydrogen-bond donors (Lipinski definition) is 0. The van der Waals surface area contributed by atoms with E-state index in [1.54, 1.807) is 18.1 Å².